The van der Waals surface area contributed by atoms with Gasteiger partial charge in [0.2, 0.25) is 0 Å². The summed E-state index contributed by atoms with van der Waals surface area (Å²) >= 11 is 1.83. The van der Waals surface area contributed by atoms with Gasteiger partial charge in [-0.2, -0.15) is 0 Å². The van der Waals surface area contributed by atoms with Crippen molar-refractivity contribution < 1.29 is 9.47 Å². The van der Waals surface area contributed by atoms with Crippen LogP contribution >= 0.6 is 11.9 Å². The SMILES string of the molecule is CSN1CCO[C@@H](CN(C)CCC(C)N2CCO[C@H](CN(C)C)C2)C1. The minimum absolute atomic E-state index is 0.342. The quantitative estimate of drug-likeness (QED) is 0.555. The Balaban J connectivity index is 1.67. The number of morpholine rings is 2. The zero-order valence-corrected chi connectivity index (χ0v) is 17.6. The summed E-state index contributed by atoms with van der Waals surface area (Å²) in [6, 6.07) is 0.603. The third kappa shape index (κ3) is 7.71. The van der Waals surface area contributed by atoms with Crippen LogP contribution in [0, 0.1) is 0 Å². The van der Waals surface area contributed by atoms with Crippen LogP contribution in [0.5, 0.6) is 0 Å². The molecule has 2 aliphatic heterocycles. The molecule has 148 valence electrons. The molecule has 1 unspecified atom stereocenters. The van der Waals surface area contributed by atoms with Gasteiger partial charge in [-0.05, 0) is 47.3 Å². The zero-order chi connectivity index (χ0) is 18.2. The molecule has 0 aromatic rings. The van der Waals surface area contributed by atoms with E-state index in [9.17, 15) is 0 Å². The Hall–Kier alpha value is 0.110. The normalized spacial score (nSPS) is 28.0. The maximum Gasteiger partial charge on any atom is 0.0838 e. The molecular weight excluding hydrogens is 336 g/mol. The summed E-state index contributed by atoms with van der Waals surface area (Å²) in [6.07, 6.45) is 4.04. The van der Waals surface area contributed by atoms with Crippen molar-refractivity contribution >= 4 is 11.9 Å². The molecule has 2 saturated heterocycles. The molecule has 3 atom stereocenters. The summed E-state index contributed by atoms with van der Waals surface area (Å²) < 4.78 is 14.2. The highest BCUT2D eigenvalue weighted by Crippen LogP contribution is 2.15. The molecule has 0 aliphatic carbocycles. The van der Waals surface area contributed by atoms with E-state index >= 15 is 0 Å². The highest BCUT2D eigenvalue weighted by atomic mass is 32.2. The molecule has 0 radical (unpaired) electrons. The fourth-order valence-electron chi connectivity index (χ4n) is 3.66. The highest BCUT2D eigenvalue weighted by molar-refractivity contribution is 7.96. The zero-order valence-electron chi connectivity index (χ0n) is 16.8. The Labute approximate surface area is 158 Å². The van der Waals surface area contributed by atoms with Gasteiger partial charge >= 0.3 is 0 Å². The van der Waals surface area contributed by atoms with Gasteiger partial charge in [0, 0.05) is 45.3 Å². The maximum atomic E-state index is 5.93. The Bertz CT molecular complexity index is 375. The number of hydrogen-bond acceptors (Lipinski definition) is 7. The van der Waals surface area contributed by atoms with E-state index in [2.05, 4.69) is 53.3 Å². The fraction of sp³-hybridized carbons (Fsp3) is 1.00. The molecule has 2 heterocycles. The van der Waals surface area contributed by atoms with Crippen molar-refractivity contribution in [3.63, 3.8) is 0 Å². The number of nitrogens with zero attached hydrogens (tertiary/aromatic N) is 4. The van der Waals surface area contributed by atoms with Gasteiger partial charge in [-0.3, -0.25) is 4.90 Å². The van der Waals surface area contributed by atoms with Crippen LogP contribution in [0.2, 0.25) is 0 Å². The molecular formula is C18H38N4O2S. The van der Waals surface area contributed by atoms with Gasteiger partial charge in [0.05, 0.1) is 25.4 Å². The molecule has 6 nitrogen and oxygen atoms in total. The highest BCUT2D eigenvalue weighted by Gasteiger charge is 2.25. The van der Waals surface area contributed by atoms with Crippen molar-refractivity contribution in [1.82, 2.24) is 19.0 Å². The van der Waals surface area contributed by atoms with E-state index in [0.29, 0.717) is 18.2 Å². The summed E-state index contributed by atoms with van der Waals surface area (Å²) in [5.41, 5.74) is 0. The van der Waals surface area contributed by atoms with Crippen LogP contribution < -0.4 is 0 Å². The summed E-state index contributed by atoms with van der Waals surface area (Å²) in [7, 11) is 6.46. The smallest absolute Gasteiger partial charge is 0.0838 e. The molecule has 0 aromatic carbocycles. The van der Waals surface area contributed by atoms with Crippen LogP contribution in [0.1, 0.15) is 13.3 Å². The molecule has 0 N–H and O–H groups in total. The van der Waals surface area contributed by atoms with Crippen LogP contribution in [0.25, 0.3) is 0 Å². The molecule has 25 heavy (non-hydrogen) atoms. The third-order valence-corrected chi connectivity index (χ3v) is 6.01. The molecule has 0 aromatic heterocycles. The predicted octanol–water partition coefficient (Wildman–Crippen LogP) is 0.938. The van der Waals surface area contributed by atoms with Crippen molar-refractivity contribution in [2.45, 2.75) is 31.6 Å². The molecule has 0 bridgehead atoms. The van der Waals surface area contributed by atoms with E-state index in [4.69, 9.17) is 9.47 Å². The summed E-state index contributed by atoms with van der Waals surface area (Å²) in [5.74, 6) is 0. The topological polar surface area (TPSA) is 31.4 Å². The largest absolute Gasteiger partial charge is 0.374 e. The van der Waals surface area contributed by atoms with Gasteiger partial charge < -0.3 is 19.3 Å². The second kappa shape index (κ2) is 11.1. The Morgan fingerprint density at radius 1 is 1.04 bits per heavy atom. The van der Waals surface area contributed by atoms with E-state index in [1.54, 1.807) is 0 Å². The van der Waals surface area contributed by atoms with Crippen molar-refractivity contribution in [2.24, 2.45) is 0 Å². The fourth-order valence-corrected chi connectivity index (χ4v) is 4.23. The lowest BCUT2D eigenvalue weighted by molar-refractivity contribution is -0.0518. The molecule has 2 rings (SSSR count). The van der Waals surface area contributed by atoms with Crippen LogP contribution in [0.4, 0.5) is 0 Å². The molecule has 0 amide bonds. The van der Waals surface area contributed by atoms with Crippen molar-refractivity contribution in [1.29, 1.82) is 0 Å². The second-order valence-electron chi connectivity index (χ2n) is 7.71. The maximum absolute atomic E-state index is 5.93. The summed E-state index contributed by atoms with van der Waals surface area (Å²) in [6.45, 7) is 11.4. The van der Waals surface area contributed by atoms with Gasteiger partial charge in [0.1, 0.15) is 0 Å². The predicted molar refractivity (Wildman–Crippen MR) is 106 cm³/mol. The van der Waals surface area contributed by atoms with Crippen LogP contribution in [-0.4, -0.2) is 124 Å². The average Bonchev–Trinajstić information content (AvgIpc) is 2.59. The molecule has 0 saturated carbocycles. The number of likely N-dealkylation sites (N-methyl/N-ethyl adjacent to an activating group) is 2. The van der Waals surface area contributed by atoms with E-state index in [0.717, 1.165) is 59.0 Å². The first-order valence-corrected chi connectivity index (χ1v) is 10.8. The summed E-state index contributed by atoms with van der Waals surface area (Å²) in [4.78, 5) is 7.25. The van der Waals surface area contributed by atoms with Crippen LogP contribution in [-0.2, 0) is 9.47 Å². The summed E-state index contributed by atoms with van der Waals surface area (Å²) in [5, 5.41) is 0. The first-order valence-electron chi connectivity index (χ1n) is 9.57. The monoisotopic (exact) mass is 374 g/mol. The van der Waals surface area contributed by atoms with Crippen molar-refractivity contribution in [3.8, 4) is 0 Å². The lowest BCUT2D eigenvalue weighted by Crippen LogP contribution is -2.50. The lowest BCUT2D eigenvalue weighted by atomic mass is 10.1. The molecule has 0 spiro atoms. The Morgan fingerprint density at radius 2 is 1.72 bits per heavy atom. The third-order valence-electron chi connectivity index (χ3n) is 5.17. The number of hydrogen-bond donors (Lipinski definition) is 0. The van der Waals surface area contributed by atoms with E-state index < -0.39 is 0 Å². The first-order chi connectivity index (χ1) is 12.0. The van der Waals surface area contributed by atoms with Crippen LogP contribution in [0.15, 0.2) is 0 Å². The molecule has 2 aliphatic rings. The van der Waals surface area contributed by atoms with E-state index in [1.165, 1.54) is 6.42 Å². The van der Waals surface area contributed by atoms with E-state index in [1.807, 2.05) is 11.9 Å². The van der Waals surface area contributed by atoms with Crippen LogP contribution in [0.3, 0.4) is 0 Å². The van der Waals surface area contributed by atoms with Gasteiger partial charge in [-0.25, -0.2) is 4.31 Å². The van der Waals surface area contributed by atoms with Gasteiger partial charge in [-0.1, -0.05) is 11.9 Å². The standard InChI is InChI=1S/C18H38N4O2S/c1-16(21-8-10-23-17(14-21)12-19(2)3)6-7-20(4)13-18-15-22(25-5)9-11-24-18/h16-18H,6-15H2,1-5H3/t16?,17-,18+/m1/s1. The molecule has 7 heteroatoms. The molecule has 2 fully saturated rings. The van der Waals surface area contributed by atoms with Gasteiger partial charge in [-0.15, -0.1) is 0 Å². The second-order valence-corrected chi connectivity index (χ2v) is 8.59. The van der Waals surface area contributed by atoms with Gasteiger partial charge in [0.15, 0.2) is 0 Å². The first kappa shape index (κ1) is 21.4. The minimum atomic E-state index is 0.342. The minimum Gasteiger partial charge on any atom is -0.374 e. The van der Waals surface area contributed by atoms with Crippen molar-refractivity contribution in [3.05, 3.63) is 0 Å². The Morgan fingerprint density at radius 3 is 2.40 bits per heavy atom. The average molecular weight is 375 g/mol. The van der Waals surface area contributed by atoms with E-state index in [-0.39, 0.29) is 0 Å². The lowest BCUT2D eigenvalue weighted by Gasteiger charge is -2.38. The number of ether oxygens (including phenoxy) is 2. The number of rotatable bonds is 9. The van der Waals surface area contributed by atoms with Crippen molar-refractivity contribution in [2.75, 3.05) is 86.4 Å². The Kier molecular flexibility index (Phi) is 9.48. The van der Waals surface area contributed by atoms with Gasteiger partial charge in [0.25, 0.3) is 0 Å².